The van der Waals surface area contributed by atoms with Gasteiger partial charge in [0.15, 0.2) is 11.6 Å². The lowest BCUT2D eigenvalue weighted by Crippen LogP contribution is -2.41. The van der Waals surface area contributed by atoms with Gasteiger partial charge in [-0.2, -0.15) is 0 Å². The average Bonchev–Trinajstić information content (AvgIpc) is 3.00. The largest absolute Gasteiger partial charge is 0.513 e. The summed E-state index contributed by atoms with van der Waals surface area (Å²) in [5.74, 6) is 1.37. The predicted molar refractivity (Wildman–Crippen MR) is 72.0 cm³/mol. The molecule has 1 saturated heterocycles. The normalized spacial score (nSPS) is 20.9. The van der Waals surface area contributed by atoms with Crippen LogP contribution in [0, 0.1) is 0 Å². The highest BCUT2D eigenvalue weighted by atomic mass is 16.7. The number of nitrogens with one attached hydrogen (secondary N) is 1. The van der Waals surface area contributed by atoms with E-state index in [1.54, 1.807) is 12.5 Å². The number of imidazole rings is 1. The number of furan rings is 1. The molecule has 0 radical (unpaired) electrons. The number of nitrogens with zero attached hydrogens (tertiary/aromatic N) is 1. The van der Waals surface area contributed by atoms with Crippen LogP contribution in [0.5, 0.6) is 0 Å². The van der Waals surface area contributed by atoms with Gasteiger partial charge in [-0.25, -0.2) is 4.98 Å². The molecule has 0 saturated carbocycles. The van der Waals surface area contributed by atoms with Gasteiger partial charge >= 0.3 is 7.12 Å². The molecule has 1 fully saturated rings. The minimum absolute atomic E-state index is 0.354. The molecule has 2 aromatic heterocycles. The summed E-state index contributed by atoms with van der Waals surface area (Å²) in [6.07, 6.45) is 3.34. The Labute approximate surface area is 112 Å². The van der Waals surface area contributed by atoms with Crippen LogP contribution < -0.4 is 5.59 Å². The molecule has 0 aliphatic carbocycles. The van der Waals surface area contributed by atoms with E-state index in [0.717, 1.165) is 5.59 Å². The Morgan fingerprint density at radius 3 is 2.42 bits per heavy atom. The summed E-state index contributed by atoms with van der Waals surface area (Å²) in [5.41, 5.74) is 0.0892. The number of aromatic amines is 1. The molecule has 1 aliphatic rings. The molecule has 0 aromatic carbocycles. The van der Waals surface area contributed by atoms with Crippen molar-refractivity contribution >= 4 is 12.7 Å². The molecule has 0 bridgehead atoms. The highest BCUT2D eigenvalue weighted by molar-refractivity contribution is 6.61. The van der Waals surface area contributed by atoms with E-state index in [4.69, 9.17) is 13.7 Å². The van der Waals surface area contributed by atoms with E-state index in [2.05, 4.69) is 9.97 Å². The van der Waals surface area contributed by atoms with Crippen molar-refractivity contribution in [3.8, 4) is 11.6 Å². The first-order valence-corrected chi connectivity index (χ1v) is 6.33. The van der Waals surface area contributed by atoms with Crippen molar-refractivity contribution in [2.75, 3.05) is 0 Å². The smallest absolute Gasteiger partial charge is 0.461 e. The zero-order valence-corrected chi connectivity index (χ0v) is 11.6. The number of H-pyrrole nitrogens is 1. The van der Waals surface area contributed by atoms with Gasteiger partial charge in [-0.05, 0) is 39.8 Å². The Hall–Kier alpha value is -1.53. The van der Waals surface area contributed by atoms with Gasteiger partial charge in [-0.1, -0.05) is 0 Å². The maximum absolute atomic E-state index is 5.96. The van der Waals surface area contributed by atoms with E-state index in [-0.39, 0.29) is 11.2 Å². The fourth-order valence-electron chi connectivity index (χ4n) is 1.96. The van der Waals surface area contributed by atoms with Crippen molar-refractivity contribution in [2.45, 2.75) is 38.9 Å². The molecule has 0 spiro atoms. The Morgan fingerprint density at radius 1 is 1.16 bits per heavy atom. The summed E-state index contributed by atoms with van der Waals surface area (Å²) in [6.45, 7) is 8.10. The third kappa shape index (κ3) is 2.01. The average molecular weight is 260 g/mol. The summed E-state index contributed by atoms with van der Waals surface area (Å²) >= 11 is 0. The molecule has 19 heavy (non-hydrogen) atoms. The zero-order valence-electron chi connectivity index (χ0n) is 11.6. The molecule has 5 nitrogen and oxygen atoms in total. The molecule has 2 aromatic rings. The van der Waals surface area contributed by atoms with E-state index >= 15 is 0 Å². The third-order valence-corrected chi connectivity index (χ3v) is 3.86. The lowest BCUT2D eigenvalue weighted by atomic mass is 9.86. The van der Waals surface area contributed by atoms with Gasteiger partial charge in [0.25, 0.3) is 0 Å². The van der Waals surface area contributed by atoms with E-state index < -0.39 is 7.12 Å². The van der Waals surface area contributed by atoms with E-state index in [1.165, 1.54) is 0 Å². The first kappa shape index (κ1) is 12.5. The molecular weight excluding hydrogens is 243 g/mol. The molecule has 3 heterocycles. The lowest BCUT2D eigenvalue weighted by Gasteiger charge is -2.32. The maximum atomic E-state index is 5.96. The van der Waals surface area contributed by atoms with Gasteiger partial charge in [0, 0.05) is 6.20 Å². The Morgan fingerprint density at radius 2 is 1.84 bits per heavy atom. The standard InChI is InChI=1S/C13H17BN2O3/c1-12(2)13(3,4)19-14(18-12)10-8-15-11(16-10)9-6-5-7-17-9/h5-8H,1-4H3,(H,15,16). The van der Waals surface area contributed by atoms with Crippen molar-refractivity contribution in [3.05, 3.63) is 24.6 Å². The van der Waals surface area contributed by atoms with Crippen LogP contribution in [-0.4, -0.2) is 28.3 Å². The summed E-state index contributed by atoms with van der Waals surface area (Å²) in [4.78, 5) is 7.47. The van der Waals surface area contributed by atoms with Crippen molar-refractivity contribution in [3.63, 3.8) is 0 Å². The first-order valence-electron chi connectivity index (χ1n) is 6.33. The Bertz CT molecular complexity index is 558. The molecule has 6 heteroatoms. The second-order valence-corrected chi connectivity index (χ2v) is 5.75. The van der Waals surface area contributed by atoms with Gasteiger partial charge in [0.05, 0.1) is 23.1 Å². The SMILES string of the molecule is CC1(C)OB(c2cnc(-c3ccco3)[nH]2)OC1(C)C. The Balaban J connectivity index is 1.85. The third-order valence-electron chi connectivity index (χ3n) is 3.86. The molecule has 1 N–H and O–H groups in total. The second-order valence-electron chi connectivity index (χ2n) is 5.75. The van der Waals surface area contributed by atoms with Crippen LogP contribution in [0.3, 0.4) is 0 Å². The lowest BCUT2D eigenvalue weighted by molar-refractivity contribution is 0.00578. The van der Waals surface area contributed by atoms with E-state index in [0.29, 0.717) is 11.6 Å². The topological polar surface area (TPSA) is 60.3 Å². The highest BCUT2D eigenvalue weighted by Crippen LogP contribution is 2.36. The van der Waals surface area contributed by atoms with Crippen molar-refractivity contribution in [1.82, 2.24) is 9.97 Å². The van der Waals surface area contributed by atoms with Crippen LogP contribution in [0.25, 0.3) is 11.6 Å². The summed E-state index contributed by atoms with van der Waals surface area (Å²) in [6, 6.07) is 3.68. The summed E-state index contributed by atoms with van der Waals surface area (Å²) in [7, 11) is -0.429. The summed E-state index contributed by atoms with van der Waals surface area (Å²) in [5, 5.41) is 0. The minimum atomic E-state index is -0.429. The predicted octanol–water partition coefficient (Wildman–Crippen LogP) is 1.97. The van der Waals surface area contributed by atoms with Crippen LogP contribution in [0.15, 0.2) is 29.0 Å². The number of hydrogen-bond donors (Lipinski definition) is 1. The van der Waals surface area contributed by atoms with Crippen LogP contribution >= 0.6 is 0 Å². The van der Waals surface area contributed by atoms with Gasteiger partial charge in [0.2, 0.25) is 0 Å². The van der Waals surface area contributed by atoms with Gasteiger partial charge < -0.3 is 18.7 Å². The fraction of sp³-hybridized carbons (Fsp3) is 0.462. The monoisotopic (exact) mass is 260 g/mol. The minimum Gasteiger partial charge on any atom is -0.461 e. The zero-order chi connectivity index (χ0) is 13.7. The van der Waals surface area contributed by atoms with Crippen LogP contribution in [0.1, 0.15) is 27.7 Å². The molecule has 3 rings (SSSR count). The van der Waals surface area contributed by atoms with E-state index in [1.807, 2.05) is 39.8 Å². The second kappa shape index (κ2) is 3.98. The fourth-order valence-corrected chi connectivity index (χ4v) is 1.96. The van der Waals surface area contributed by atoms with Crippen LogP contribution in [0.4, 0.5) is 0 Å². The van der Waals surface area contributed by atoms with Crippen molar-refractivity contribution in [1.29, 1.82) is 0 Å². The molecule has 0 atom stereocenters. The summed E-state index contributed by atoms with van der Waals surface area (Å²) < 4.78 is 17.2. The molecule has 0 unspecified atom stereocenters. The number of hydrogen-bond acceptors (Lipinski definition) is 4. The highest BCUT2D eigenvalue weighted by Gasteiger charge is 2.52. The quantitative estimate of drug-likeness (QED) is 0.838. The first-order chi connectivity index (χ1) is 8.89. The molecule has 1 aliphatic heterocycles. The molecule has 0 amide bonds. The van der Waals surface area contributed by atoms with Crippen molar-refractivity contribution < 1.29 is 13.7 Å². The maximum Gasteiger partial charge on any atom is 0.513 e. The van der Waals surface area contributed by atoms with Crippen LogP contribution in [0.2, 0.25) is 0 Å². The molecular formula is C13H17BN2O3. The number of aromatic nitrogens is 2. The Kier molecular flexibility index (Phi) is 2.62. The van der Waals surface area contributed by atoms with E-state index in [9.17, 15) is 0 Å². The van der Waals surface area contributed by atoms with Gasteiger partial charge in [0.1, 0.15) is 0 Å². The van der Waals surface area contributed by atoms with Gasteiger partial charge in [-0.15, -0.1) is 0 Å². The van der Waals surface area contributed by atoms with Crippen LogP contribution in [-0.2, 0) is 9.31 Å². The molecule has 100 valence electrons. The number of rotatable bonds is 2. The van der Waals surface area contributed by atoms with Gasteiger partial charge in [-0.3, -0.25) is 0 Å². The van der Waals surface area contributed by atoms with Crippen molar-refractivity contribution in [2.24, 2.45) is 0 Å².